The zero-order chi connectivity index (χ0) is 19.7. The summed E-state index contributed by atoms with van der Waals surface area (Å²) in [5.41, 5.74) is 1.91. The third kappa shape index (κ3) is 3.73. The highest BCUT2D eigenvalue weighted by atomic mass is 32.2. The van der Waals surface area contributed by atoms with Gasteiger partial charge >= 0.3 is 0 Å². The summed E-state index contributed by atoms with van der Waals surface area (Å²) < 4.78 is 30.5. The van der Waals surface area contributed by atoms with Crippen LogP contribution in [0.25, 0.3) is 10.8 Å². The van der Waals surface area contributed by atoms with Crippen LogP contribution in [0.15, 0.2) is 70.9 Å². The predicted octanol–water partition coefficient (Wildman–Crippen LogP) is 4.28. The summed E-state index contributed by atoms with van der Waals surface area (Å²) >= 11 is 1.60. The van der Waals surface area contributed by atoms with E-state index >= 15 is 0 Å². The van der Waals surface area contributed by atoms with Crippen LogP contribution in [0.2, 0.25) is 0 Å². The number of hydrogen-bond donors (Lipinski definition) is 1. The largest absolute Gasteiger partial charge is 0.260 e. The number of thiophene rings is 1. The number of aryl methyl sites for hydroxylation is 2. The zero-order valence-electron chi connectivity index (χ0n) is 15.7. The van der Waals surface area contributed by atoms with Gasteiger partial charge < -0.3 is 0 Å². The van der Waals surface area contributed by atoms with Gasteiger partial charge in [-0.3, -0.25) is 4.68 Å². The molecule has 4 rings (SSSR count). The number of aromatic nitrogens is 2. The van der Waals surface area contributed by atoms with Crippen LogP contribution in [-0.4, -0.2) is 24.7 Å². The number of nitrogens with one attached hydrogen (secondary N) is 1. The van der Waals surface area contributed by atoms with Crippen molar-refractivity contribution in [1.82, 2.24) is 14.5 Å². The smallest absolute Gasteiger partial charge is 0.240 e. The van der Waals surface area contributed by atoms with Gasteiger partial charge in [0.15, 0.2) is 0 Å². The van der Waals surface area contributed by atoms with E-state index in [1.54, 1.807) is 23.5 Å². The summed E-state index contributed by atoms with van der Waals surface area (Å²) in [5, 5.41) is 8.48. The highest BCUT2D eigenvalue weighted by Crippen LogP contribution is 2.25. The van der Waals surface area contributed by atoms with Gasteiger partial charge in [0.05, 0.1) is 16.6 Å². The van der Waals surface area contributed by atoms with Gasteiger partial charge in [0, 0.05) is 17.1 Å². The topological polar surface area (TPSA) is 64.0 Å². The number of benzene rings is 2. The van der Waals surface area contributed by atoms with Gasteiger partial charge in [-0.2, -0.15) is 5.10 Å². The van der Waals surface area contributed by atoms with E-state index < -0.39 is 10.0 Å². The molecule has 2 aromatic heterocycles. The third-order valence-corrected chi connectivity index (χ3v) is 7.10. The summed E-state index contributed by atoms with van der Waals surface area (Å²) in [6.45, 7) is 4.16. The van der Waals surface area contributed by atoms with E-state index in [1.165, 1.54) is 0 Å². The molecule has 2 aromatic carbocycles. The highest BCUT2D eigenvalue weighted by Gasteiger charge is 2.22. The SMILES string of the molecule is Cc1cc(C)n(C(CNS(=O)(=O)c2ccc3ccccc3c2)c2cccs2)n1. The van der Waals surface area contributed by atoms with E-state index in [0.717, 1.165) is 27.0 Å². The molecular formula is C21H21N3O2S2. The Morgan fingerprint density at radius 3 is 2.50 bits per heavy atom. The maximum absolute atomic E-state index is 12.9. The number of nitrogens with zero attached hydrogens (tertiary/aromatic N) is 2. The first-order chi connectivity index (χ1) is 13.4. The monoisotopic (exact) mass is 411 g/mol. The Balaban J connectivity index is 1.63. The summed E-state index contributed by atoms with van der Waals surface area (Å²) in [6, 6.07) is 18.7. The standard InChI is InChI=1S/C21H21N3O2S2/c1-15-12-16(2)24(23-15)20(21-8-5-11-27-21)14-22-28(25,26)19-10-9-17-6-3-4-7-18(17)13-19/h3-13,20,22H,14H2,1-2H3. The lowest BCUT2D eigenvalue weighted by atomic mass is 10.1. The van der Waals surface area contributed by atoms with Crippen molar-refractivity contribution in [2.75, 3.05) is 6.54 Å². The fourth-order valence-electron chi connectivity index (χ4n) is 3.36. The predicted molar refractivity (Wildman–Crippen MR) is 113 cm³/mol. The molecule has 28 heavy (non-hydrogen) atoms. The minimum atomic E-state index is -3.64. The van der Waals surface area contributed by atoms with Gasteiger partial charge in [0.1, 0.15) is 0 Å². The molecule has 0 aliphatic heterocycles. The quantitative estimate of drug-likeness (QED) is 0.515. The van der Waals surface area contributed by atoms with Crippen LogP contribution < -0.4 is 4.72 Å². The van der Waals surface area contributed by atoms with E-state index in [1.807, 2.05) is 72.4 Å². The van der Waals surface area contributed by atoms with Crippen molar-refractivity contribution in [1.29, 1.82) is 0 Å². The normalized spacial score (nSPS) is 13.1. The van der Waals surface area contributed by atoms with Crippen molar-refractivity contribution in [3.05, 3.63) is 82.3 Å². The molecule has 0 saturated heterocycles. The van der Waals surface area contributed by atoms with Crippen molar-refractivity contribution in [3.63, 3.8) is 0 Å². The second kappa shape index (κ2) is 7.50. The summed E-state index contributed by atoms with van der Waals surface area (Å²) in [5.74, 6) is 0. The van der Waals surface area contributed by atoms with E-state index in [9.17, 15) is 8.42 Å². The van der Waals surface area contributed by atoms with Gasteiger partial charge in [0.25, 0.3) is 0 Å². The first-order valence-electron chi connectivity index (χ1n) is 8.99. The molecule has 0 saturated carbocycles. The molecule has 0 aliphatic carbocycles. The maximum atomic E-state index is 12.9. The first kappa shape index (κ1) is 18.9. The maximum Gasteiger partial charge on any atom is 0.240 e. The molecule has 1 N–H and O–H groups in total. The van der Waals surface area contributed by atoms with Gasteiger partial charge in [-0.25, -0.2) is 13.1 Å². The Bertz CT molecular complexity index is 1210. The van der Waals surface area contributed by atoms with Crippen LogP contribution in [0.1, 0.15) is 22.3 Å². The molecule has 0 amide bonds. The minimum Gasteiger partial charge on any atom is -0.260 e. The molecule has 1 unspecified atom stereocenters. The van der Waals surface area contributed by atoms with E-state index in [2.05, 4.69) is 9.82 Å². The van der Waals surface area contributed by atoms with Crippen molar-refractivity contribution in [3.8, 4) is 0 Å². The van der Waals surface area contributed by atoms with Crippen molar-refractivity contribution >= 4 is 32.1 Å². The Labute approximate surface area is 168 Å². The van der Waals surface area contributed by atoms with Crippen LogP contribution in [0.5, 0.6) is 0 Å². The fraction of sp³-hybridized carbons (Fsp3) is 0.190. The second-order valence-corrected chi connectivity index (χ2v) is 9.51. The molecule has 2 heterocycles. The zero-order valence-corrected chi connectivity index (χ0v) is 17.3. The Morgan fingerprint density at radius 1 is 1.04 bits per heavy atom. The van der Waals surface area contributed by atoms with E-state index in [-0.39, 0.29) is 17.5 Å². The molecule has 7 heteroatoms. The molecule has 0 aliphatic rings. The molecule has 1 atom stereocenters. The van der Waals surface area contributed by atoms with Crippen molar-refractivity contribution < 1.29 is 8.42 Å². The lowest BCUT2D eigenvalue weighted by molar-refractivity contribution is 0.500. The fourth-order valence-corrected chi connectivity index (χ4v) is 5.24. The lowest BCUT2D eigenvalue weighted by Gasteiger charge is -2.19. The van der Waals surface area contributed by atoms with Crippen LogP contribution in [0, 0.1) is 13.8 Å². The first-order valence-corrected chi connectivity index (χ1v) is 11.3. The van der Waals surface area contributed by atoms with Crippen LogP contribution in [0.4, 0.5) is 0 Å². The molecule has 0 radical (unpaired) electrons. The van der Waals surface area contributed by atoms with Crippen molar-refractivity contribution in [2.24, 2.45) is 0 Å². The van der Waals surface area contributed by atoms with Gasteiger partial charge in [-0.05, 0) is 54.3 Å². The lowest BCUT2D eigenvalue weighted by Crippen LogP contribution is -2.32. The van der Waals surface area contributed by atoms with Gasteiger partial charge in [-0.1, -0.05) is 36.4 Å². The Morgan fingerprint density at radius 2 is 1.82 bits per heavy atom. The second-order valence-electron chi connectivity index (χ2n) is 6.76. The molecule has 0 bridgehead atoms. The van der Waals surface area contributed by atoms with Crippen LogP contribution in [-0.2, 0) is 10.0 Å². The minimum absolute atomic E-state index is 0.191. The summed E-state index contributed by atoms with van der Waals surface area (Å²) in [4.78, 5) is 1.33. The van der Waals surface area contributed by atoms with Crippen LogP contribution in [0.3, 0.4) is 0 Å². The average Bonchev–Trinajstić information content (AvgIpc) is 3.32. The average molecular weight is 412 g/mol. The number of sulfonamides is 1. The Kier molecular flexibility index (Phi) is 5.05. The van der Waals surface area contributed by atoms with Crippen LogP contribution >= 0.6 is 11.3 Å². The number of rotatable bonds is 6. The van der Waals surface area contributed by atoms with Crippen molar-refractivity contribution in [2.45, 2.75) is 24.8 Å². The number of fused-ring (bicyclic) bond motifs is 1. The highest BCUT2D eigenvalue weighted by molar-refractivity contribution is 7.89. The van der Waals surface area contributed by atoms with Gasteiger partial charge in [-0.15, -0.1) is 11.3 Å². The molecule has 0 fully saturated rings. The third-order valence-electron chi connectivity index (χ3n) is 4.71. The number of hydrogen-bond acceptors (Lipinski definition) is 4. The molecular weight excluding hydrogens is 390 g/mol. The summed E-state index contributed by atoms with van der Waals surface area (Å²) in [7, 11) is -3.64. The molecule has 144 valence electrons. The van der Waals surface area contributed by atoms with E-state index in [0.29, 0.717) is 0 Å². The van der Waals surface area contributed by atoms with E-state index in [4.69, 9.17) is 0 Å². The summed E-state index contributed by atoms with van der Waals surface area (Å²) in [6.07, 6.45) is 0. The van der Waals surface area contributed by atoms with Gasteiger partial charge in [0.2, 0.25) is 10.0 Å². The molecule has 4 aromatic rings. The molecule has 0 spiro atoms. The Hall–Kier alpha value is -2.48. The molecule has 5 nitrogen and oxygen atoms in total.